The van der Waals surface area contributed by atoms with Gasteiger partial charge in [0, 0.05) is 11.8 Å². The van der Waals surface area contributed by atoms with Crippen molar-refractivity contribution in [2.45, 2.75) is 50.7 Å². The van der Waals surface area contributed by atoms with Crippen molar-refractivity contribution in [1.29, 1.82) is 0 Å². The van der Waals surface area contributed by atoms with Gasteiger partial charge in [-0.3, -0.25) is 4.79 Å². The Labute approximate surface area is 190 Å². The highest BCUT2D eigenvalue weighted by Gasteiger charge is 2.44. The van der Waals surface area contributed by atoms with E-state index in [1.165, 1.54) is 38.6 Å². The summed E-state index contributed by atoms with van der Waals surface area (Å²) in [4.78, 5) is 29.8. The first-order valence-corrected chi connectivity index (χ1v) is 10.8. The summed E-state index contributed by atoms with van der Waals surface area (Å²) < 4.78 is 49.7. The zero-order valence-corrected chi connectivity index (χ0v) is 18.8. The first-order valence-electron chi connectivity index (χ1n) is 10.8. The zero-order chi connectivity index (χ0) is 24.2. The average Bonchev–Trinajstić information content (AvgIpc) is 2.83. The lowest BCUT2D eigenvalue weighted by atomic mass is 9.75. The van der Waals surface area contributed by atoms with Gasteiger partial charge in [0.25, 0.3) is 5.91 Å². The lowest BCUT2D eigenvalue weighted by Gasteiger charge is -2.38. The van der Waals surface area contributed by atoms with Crippen LogP contribution in [0, 0.1) is 5.92 Å². The molecule has 6 nitrogen and oxygen atoms in total. The SMILES string of the molecule is CC[C@H]1CC[C@@](NC(=O)c2cnc(OC)c(-c3cccc(C(F)(F)F)c3)c2)(C(=O)OC)CC1. The first kappa shape index (κ1) is 24.5. The van der Waals surface area contributed by atoms with Gasteiger partial charge in [-0.15, -0.1) is 0 Å². The highest BCUT2D eigenvalue weighted by atomic mass is 19.4. The molecule has 1 N–H and O–H groups in total. The number of hydrogen-bond donors (Lipinski definition) is 1. The third-order valence-corrected chi connectivity index (χ3v) is 6.27. The Morgan fingerprint density at radius 3 is 2.45 bits per heavy atom. The normalized spacial score (nSPS) is 20.7. The Balaban J connectivity index is 1.94. The summed E-state index contributed by atoms with van der Waals surface area (Å²) in [6.45, 7) is 2.09. The summed E-state index contributed by atoms with van der Waals surface area (Å²) in [5.41, 5.74) is -1.43. The lowest BCUT2D eigenvalue weighted by molar-refractivity contribution is -0.150. The minimum Gasteiger partial charge on any atom is -0.481 e. The Kier molecular flexibility index (Phi) is 7.29. The second-order valence-electron chi connectivity index (χ2n) is 8.24. The van der Waals surface area contributed by atoms with Crippen LogP contribution in [0.25, 0.3) is 11.1 Å². The lowest BCUT2D eigenvalue weighted by Crippen LogP contribution is -2.56. The number of methoxy groups -OCH3 is 2. The Morgan fingerprint density at radius 2 is 1.88 bits per heavy atom. The van der Waals surface area contributed by atoms with E-state index >= 15 is 0 Å². The molecule has 1 heterocycles. The number of nitrogens with one attached hydrogen (secondary N) is 1. The van der Waals surface area contributed by atoms with Gasteiger partial charge in [-0.2, -0.15) is 13.2 Å². The molecule has 1 aromatic heterocycles. The predicted octanol–water partition coefficient (Wildman–Crippen LogP) is 5.02. The second kappa shape index (κ2) is 9.80. The van der Waals surface area contributed by atoms with E-state index in [-0.39, 0.29) is 22.6 Å². The van der Waals surface area contributed by atoms with Crippen LogP contribution in [0.2, 0.25) is 0 Å². The fraction of sp³-hybridized carbons (Fsp3) is 0.458. The van der Waals surface area contributed by atoms with Crippen LogP contribution in [0.4, 0.5) is 13.2 Å². The molecule has 0 aliphatic heterocycles. The van der Waals surface area contributed by atoms with Crippen molar-refractivity contribution in [1.82, 2.24) is 10.3 Å². The van der Waals surface area contributed by atoms with Crippen LogP contribution in [-0.2, 0) is 15.7 Å². The molecule has 0 radical (unpaired) electrons. The van der Waals surface area contributed by atoms with Crippen molar-refractivity contribution in [3.05, 3.63) is 47.7 Å². The molecule has 9 heteroatoms. The van der Waals surface area contributed by atoms with Gasteiger partial charge in [0.05, 0.1) is 25.3 Å². The Morgan fingerprint density at radius 1 is 1.18 bits per heavy atom. The molecular formula is C24H27F3N2O4. The van der Waals surface area contributed by atoms with Crippen LogP contribution < -0.4 is 10.1 Å². The number of carbonyl (C=O) groups excluding carboxylic acids is 2. The van der Waals surface area contributed by atoms with Gasteiger partial charge in [0.2, 0.25) is 5.88 Å². The number of aromatic nitrogens is 1. The van der Waals surface area contributed by atoms with E-state index in [0.717, 1.165) is 31.4 Å². The van der Waals surface area contributed by atoms with Gasteiger partial charge in [-0.1, -0.05) is 25.5 Å². The van der Waals surface area contributed by atoms with E-state index in [1.54, 1.807) is 0 Å². The predicted molar refractivity (Wildman–Crippen MR) is 116 cm³/mol. The van der Waals surface area contributed by atoms with Crippen molar-refractivity contribution in [2.75, 3.05) is 14.2 Å². The summed E-state index contributed by atoms with van der Waals surface area (Å²) in [7, 11) is 2.63. The molecule has 3 rings (SSSR count). The Bertz CT molecular complexity index is 1020. The Hall–Kier alpha value is -3.10. The molecule has 33 heavy (non-hydrogen) atoms. The maximum absolute atomic E-state index is 13.2. The minimum absolute atomic E-state index is 0.0806. The van der Waals surface area contributed by atoms with E-state index in [9.17, 15) is 22.8 Å². The molecular weight excluding hydrogens is 437 g/mol. The van der Waals surface area contributed by atoms with Crippen LogP contribution in [0.1, 0.15) is 54.9 Å². The topological polar surface area (TPSA) is 77.5 Å². The van der Waals surface area contributed by atoms with Crippen molar-refractivity contribution in [3.63, 3.8) is 0 Å². The van der Waals surface area contributed by atoms with Crippen LogP contribution in [0.3, 0.4) is 0 Å². The van der Waals surface area contributed by atoms with E-state index < -0.39 is 29.2 Å². The molecule has 1 amide bonds. The number of halogens is 3. The third-order valence-electron chi connectivity index (χ3n) is 6.27. The van der Waals surface area contributed by atoms with Crippen molar-refractivity contribution < 1.29 is 32.2 Å². The van der Waals surface area contributed by atoms with Gasteiger partial charge in [0.1, 0.15) is 5.54 Å². The maximum Gasteiger partial charge on any atom is 0.416 e. The smallest absolute Gasteiger partial charge is 0.416 e. The van der Waals surface area contributed by atoms with Crippen LogP contribution in [0.5, 0.6) is 5.88 Å². The molecule has 1 fully saturated rings. The second-order valence-corrected chi connectivity index (χ2v) is 8.24. The number of pyridine rings is 1. The number of esters is 1. The number of rotatable bonds is 6. The maximum atomic E-state index is 13.2. The van der Waals surface area contributed by atoms with Gasteiger partial charge in [0.15, 0.2) is 0 Å². The summed E-state index contributed by atoms with van der Waals surface area (Å²) >= 11 is 0. The standard InChI is InChI=1S/C24H27F3N2O4/c1-4-15-8-10-23(11-9-15,22(31)33-3)29-20(30)17-13-19(21(32-2)28-14-17)16-6-5-7-18(12-16)24(25,26)27/h5-7,12-15H,4,8-11H2,1-3H3,(H,29,30)/t15-,23-. The van der Waals surface area contributed by atoms with Gasteiger partial charge in [-0.05, 0) is 55.4 Å². The number of hydrogen-bond acceptors (Lipinski definition) is 5. The number of amides is 1. The minimum atomic E-state index is -4.52. The number of ether oxygens (including phenoxy) is 2. The highest BCUT2D eigenvalue weighted by Crippen LogP contribution is 2.37. The van der Waals surface area contributed by atoms with Crippen molar-refractivity contribution >= 4 is 11.9 Å². The number of benzene rings is 1. The number of alkyl halides is 3. The first-order chi connectivity index (χ1) is 15.6. The molecule has 0 bridgehead atoms. The monoisotopic (exact) mass is 464 g/mol. The average molecular weight is 464 g/mol. The van der Waals surface area contributed by atoms with Crippen LogP contribution >= 0.6 is 0 Å². The number of nitrogens with zero attached hydrogens (tertiary/aromatic N) is 1. The van der Waals surface area contributed by atoms with Crippen molar-refractivity contribution in [3.8, 4) is 17.0 Å². The number of carbonyl (C=O) groups is 2. The molecule has 0 unspecified atom stereocenters. The van der Waals surface area contributed by atoms with E-state index in [2.05, 4.69) is 17.2 Å². The molecule has 1 saturated carbocycles. The van der Waals surface area contributed by atoms with Gasteiger partial charge in [-0.25, -0.2) is 9.78 Å². The fourth-order valence-corrected chi connectivity index (χ4v) is 4.25. The quantitative estimate of drug-likeness (QED) is 0.608. The van der Waals surface area contributed by atoms with Crippen LogP contribution in [-0.4, -0.2) is 36.6 Å². The molecule has 0 saturated heterocycles. The summed E-state index contributed by atoms with van der Waals surface area (Å²) in [6.07, 6.45) is 0.212. The van der Waals surface area contributed by atoms with E-state index in [4.69, 9.17) is 9.47 Å². The molecule has 1 aliphatic rings. The van der Waals surface area contributed by atoms with Crippen LogP contribution in [0.15, 0.2) is 36.5 Å². The molecule has 0 spiro atoms. The van der Waals surface area contributed by atoms with Crippen molar-refractivity contribution in [2.24, 2.45) is 5.92 Å². The molecule has 2 aromatic rings. The van der Waals surface area contributed by atoms with Gasteiger partial charge < -0.3 is 14.8 Å². The van der Waals surface area contributed by atoms with E-state index in [1.807, 2.05) is 0 Å². The zero-order valence-electron chi connectivity index (χ0n) is 18.8. The molecule has 0 atom stereocenters. The summed E-state index contributed by atoms with van der Waals surface area (Å²) in [5, 5.41) is 2.82. The fourth-order valence-electron chi connectivity index (χ4n) is 4.25. The van der Waals surface area contributed by atoms with Gasteiger partial charge >= 0.3 is 12.1 Å². The molecule has 1 aromatic carbocycles. The highest BCUT2D eigenvalue weighted by molar-refractivity contribution is 5.99. The molecule has 178 valence electrons. The molecule has 1 aliphatic carbocycles. The third kappa shape index (κ3) is 5.29. The largest absolute Gasteiger partial charge is 0.481 e. The summed E-state index contributed by atoms with van der Waals surface area (Å²) in [5.74, 6) is -0.504. The van der Waals surface area contributed by atoms with E-state index in [0.29, 0.717) is 18.8 Å². The summed E-state index contributed by atoms with van der Waals surface area (Å²) in [6, 6.07) is 6.12.